The summed E-state index contributed by atoms with van der Waals surface area (Å²) in [5, 5.41) is 17.6. The minimum atomic E-state index is -1.15. The van der Waals surface area contributed by atoms with Gasteiger partial charge in [0, 0.05) is 21.5 Å². The molecule has 1 aromatic heterocycles. The Kier molecular flexibility index (Phi) is 7.52. The molecule has 2 aromatic carbocycles. The van der Waals surface area contributed by atoms with Crippen molar-refractivity contribution in [3.63, 3.8) is 0 Å². The number of aliphatic carboxylic acids is 1. The van der Waals surface area contributed by atoms with Gasteiger partial charge in [0.1, 0.15) is 17.5 Å². The van der Waals surface area contributed by atoms with Gasteiger partial charge in [0.05, 0.1) is 11.8 Å². The molecule has 0 fully saturated rings. The molecule has 0 spiro atoms. The number of nitrogens with one attached hydrogen (secondary N) is 1. The number of carbonyl (C=O) groups excluding carboxylic acids is 1. The van der Waals surface area contributed by atoms with Crippen LogP contribution in [0.3, 0.4) is 0 Å². The van der Waals surface area contributed by atoms with Crippen LogP contribution in [-0.4, -0.2) is 22.3 Å². The molecule has 1 amide bonds. The van der Waals surface area contributed by atoms with Crippen molar-refractivity contribution in [1.82, 2.24) is 5.16 Å². The second-order valence-electron chi connectivity index (χ2n) is 8.53. The van der Waals surface area contributed by atoms with Gasteiger partial charge in [-0.3, -0.25) is 10.1 Å². The van der Waals surface area contributed by atoms with Crippen molar-refractivity contribution in [3.8, 4) is 0 Å². The second kappa shape index (κ2) is 10.6. The van der Waals surface area contributed by atoms with E-state index in [1.165, 1.54) is 0 Å². The van der Waals surface area contributed by atoms with E-state index in [9.17, 15) is 14.7 Å². The van der Waals surface area contributed by atoms with Gasteiger partial charge in [-0.15, -0.1) is 0 Å². The summed E-state index contributed by atoms with van der Waals surface area (Å²) in [5.41, 5.74) is 0.899. The molecule has 1 aliphatic carbocycles. The second-order valence-corrected chi connectivity index (χ2v) is 9.35. The maximum atomic E-state index is 12.8. The molecule has 0 bridgehead atoms. The van der Waals surface area contributed by atoms with Gasteiger partial charge in [-0.25, -0.2) is 4.79 Å². The molecule has 1 aliphatic rings. The number of hydrogen-bond acceptors (Lipinski definition) is 5. The molecule has 0 saturated carbocycles. The SMILES string of the molecule is Cc1onc(C2(CC(=O)O)C=CC(c3ccccc3Cl)C=C2)c1NC(=O)O[C@H](C)c1ccccc1Cl. The fraction of sp³-hybridized carbons (Fsp3) is 0.222. The Hall–Kier alpha value is -3.55. The smallest absolute Gasteiger partial charge is 0.412 e. The third-order valence-corrected chi connectivity index (χ3v) is 6.76. The molecule has 9 heteroatoms. The van der Waals surface area contributed by atoms with E-state index in [2.05, 4.69) is 10.5 Å². The van der Waals surface area contributed by atoms with Gasteiger partial charge in [-0.1, -0.05) is 89.1 Å². The summed E-state index contributed by atoms with van der Waals surface area (Å²) in [7, 11) is 0. The molecule has 1 atom stereocenters. The van der Waals surface area contributed by atoms with Gasteiger partial charge in [-0.05, 0) is 31.5 Å². The van der Waals surface area contributed by atoms with Crippen molar-refractivity contribution in [2.45, 2.75) is 37.7 Å². The van der Waals surface area contributed by atoms with E-state index in [1.54, 1.807) is 56.3 Å². The largest absolute Gasteiger partial charge is 0.481 e. The van der Waals surface area contributed by atoms with E-state index in [0.29, 0.717) is 21.4 Å². The summed E-state index contributed by atoms with van der Waals surface area (Å²) >= 11 is 12.6. The Bertz CT molecular complexity index is 1330. The molecule has 0 radical (unpaired) electrons. The summed E-state index contributed by atoms with van der Waals surface area (Å²) in [6.07, 6.45) is 5.58. The summed E-state index contributed by atoms with van der Waals surface area (Å²) in [6, 6.07) is 14.5. The first-order valence-electron chi connectivity index (χ1n) is 11.2. The highest BCUT2D eigenvalue weighted by molar-refractivity contribution is 6.31. The van der Waals surface area contributed by atoms with Gasteiger partial charge >= 0.3 is 12.1 Å². The lowest BCUT2D eigenvalue weighted by Crippen LogP contribution is -2.29. The molecule has 0 unspecified atom stereocenters. The van der Waals surface area contributed by atoms with Gasteiger partial charge in [0.15, 0.2) is 5.76 Å². The Balaban J connectivity index is 1.61. The lowest BCUT2D eigenvalue weighted by atomic mass is 9.74. The number of benzene rings is 2. The van der Waals surface area contributed by atoms with Gasteiger partial charge < -0.3 is 14.4 Å². The van der Waals surface area contributed by atoms with Crippen LogP contribution in [0.5, 0.6) is 0 Å². The molecular weight excluding hydrogens is 503 g/mol. The Morgan fingerprint density at radius 1 is 1.11 bits per heavy atom. The van der Waals surface area contributed by atoms with Crippen LogP contribution in [0.2, 0.25) is 10.0 Å². The molecule has 0 saturated heterocycles. The van der Waals surface area contributed by atoms with Crippen LogP contribution in [-0.2, 0) is 14.9 Å². The highest BCUT2D eigenvalue weighted by Crippen LogP contribution is 2.42. The van der Waals surface area contributed by atoms with Crippen molar-refractivity contribution in [2.24, 2.45) is 0 Å². The average molecular weight is 527 g/mol. The first-order valence-corrected chi connectivity index (χ1v) is 12.0. The zero-order valence-corrected chi connectivity index (χ0v) is 21.1. The lowest BCUT2D eigenvalue weighted by Gasteiger charge is -2.29. The summed E-state index contributed by atoms with van der Waals surface area (Å²) < 4.78 is 10.9. The molecule has 2 N–H and O–H groups in total. The minimum absolute atomic E-state index is 0.147. The number of anilines is 1. The van der Waals surface area contributed by atoms with Crippen LogP contribution in [0.15, 0.2) is 77.4 Å². The summed E-state index contributed by atoms with van der Waals surface area (Å²) in [4.78, 5) is 24.6. The zero-order valence-electron chi connectivity index (χ0n) is 19.6. The standard InChI is InChI=1S/C27H24Cl2N2O5/c1-16(19-7-3-5-9-21(19)28)35-26(34)30-24-17(2)36-31-25(24)27(15-23(32)33)13-11-18(12-14-27)20-8-4-6-10-22(20)29/h3-14,16,18H,15H2,1-2H3,(H,30,34)(H,32,33)/t16-,18?,27?/m1/s1. The van der Waals surface area contributed by atoms with E-state index in [1.807, 2.05) is 30.4 Å². The van der Waals surface area contributed by atoms with E-state index in [0.717, 1.165) is 5.56 Å². The fourth-order valence-corrected chi connectivity index (χ4v) is 4.78. The Morgan fingerprint density at radius 2 is 1.75 bits per heavy atom. The minimum Gasteiger partial charge on any atom is -0.481 e. The number of aromatic nitrogens is 1. The first-order chi connectivity index (χ1) is 17.2. The number of aryl methyl sites for hydroxylation is 1. The quantitative estimate of drug-likeness (QED) is 0.315. The number of nitrogens with zero attached hydrogens (tertiary/aromatic N) is 1. The number of carboxylic acid groups (broad SMARTS) is 1. The third kappa shape index (κ3) is 5.32. The van der Waals surface area contributed by atoms with Crippen LogP contribution in [0.4, 0.5) is 10.5 Å². The number of ether oxygens (including phenoxy) is 1. The number of halogens is 2. The molecule has 36 heavy (non-hydrogen) atoms. The highest BCUT2D eigenvalue weighted by Gasteiger charge is 2.39. The summed E-state index contributed by atoms with van der Waals surface area (Å²) in [5.74, 6) is -0.874. The molecule has 186 valence electrons. The lowest BCUT2D eigenvalue weighted by molar-refractivity contribution is -0.137. The molecule has 0 aliphatic heterocycles. The molecule has 4 rings (SSSR count). The Labute approximate surface area is 218 Å². The third-order valence-electron chi connectivity index (χ3n) is 6.07. The number of amides is 1. The number of carboxylic acids is 1. The maximum absolute atomic E-state index is 12.8. The Morgan fingerprint density at radius 3 is 2.39 bits per heavy atom. The van der Waals surface area contributed by atoms with Crippen LogP contribution in [0, 0.1) is 6.92 Å². The monoisotopic (exact) mass is 526 g/mol. The number of allylic oxidation sites excluding steroid dienone is 4. The zero-order chi connectivity index (χ0) is 25.9. The molecule has 1 heterocycles. The van der Waals surface area contributed by atoms with E-state index in [-0.39, 0.29) is 23.7 Å². The molecule has 7 nitrogen and oxygen atoms in total. The normalized spacial score (nSPS) is 19.6. The van der Waals surface area contributed by atoms with Crippen LogP contribution >= 0.6 is 23.2 Å². The predicted molar refractivity (Wildman–Crippen MR) is 138 cm³/mol. The first kappa shape index (κ1) is 25.5. The van der Waals surface area contributed by atoms with Gasteiger partial charge in [0.2, 0.25) is 0 Å². The predicted octanol–water partition coefficient (Wildman–Crippen LogP) is 7.22. The average Bonchev–Trinajstić information content (AvgIpc) is 3.20. The number of rotatable bonds is 7. The molecule has 3 aromatic rings. The van der Waals surface area contributed by atoms with Gasteiger partial charge in [0.25, 0.3) is 0 Å². The fourth-order valence-electron chi connectivity index (χ4n) is 4.23. The highest BCUT2D eigenvalue weighted by atomic mass is 35.5. The van der Waals surface area contributed by atoms with Crippen molar-refractivity contribution in [1.29, 1.82) is 0 Å². The van der Waals surface area contributed by atoms with Gasteiger partial charge in [-0.2, -0.15) is 0 Å². The van der Waals surface area contributed by atoms with E-state index >= 15 is 0 Å². The van der Waals surface area contributed by atoms with Crippen molar-refractivity contribution < 1.29 is 24.0 Å². The van der Waals surface area contributed by atoms with Crippen LogP contribution in [0.25, 0.3) is 0 Å². The van der Waals surface area contributed by atoms with Crippen molar-refractivity contribution in [3.05, 3.63) is 105 Å². The molecular formula is C27H24Cl2N2O5. The summed E-state index contributed by atoms with van der Waals surface area (Å²) in [6.45, 7) is 3.33. The van der Waals surface area contributed by atoms with E-state index < -0.39 is 23.6 Å². The van der Waals surface area contributed by atoms with Crippen molar-refractivity contribution in [2.75, 3.05) is 5.32 Å². The number of carbonyl (C=O) groups is 2. The van der Waals surface area contributed by atoms with E-state index in [4.69, 9.17) is 32.5 Å². The van der Waals surface area contributed by atoms with Crippen molar-refractivity contribution >= 4 is 41.0 Å². The van der Waals surface area contributed by atoms with Crippen LogP contribution < -0.4 is 5.32 Å². The number of hydrogen-bond donors (Lipinski definition) is 2. The maximum Gasteiger partial charge on any atom is 0.412 e. The van der Waals surface area contributed by atoms with Crippen LogP contribution in [0.1, 0.15) is 47.9 Å². The topological polar surface area (TPSA) is 102 Å².